The number of hydrogen-bond donors (Lipinski definition) is 1. The maximum absolute atomic E-state index is 9.53. The maximum atomic E-state index is 9.53. The normalized spacial score (nSPS) is 11.7. The van der Waals surface area contributed by atoms with Gasteiger partial charge in [-0.3, -0.25) is 0 Å². The van der Waals surface area contributed by atoms with Gasteiger partial charge in [-0.1, -0.05) is 29.8 Å². The van der Waals surface area contributed by atoms with Gasteiger partial charge in [0.25, 0.3) is 0 Å². The Morgan fingerprint density at radius 3 is 2.75 bits per heavy atom. The fourth-order valence-corrected chi connectivity index (χ4v) is 1.99. The molecule has 0 fully saturated rings. The highest BCUT2D eigenvalue weighted by molar-refractivity contribution is 6.31. The van der Waals surface area contributed by atoms with E-state index in [-0.39, 0.29) is 0 Å². The maximum Gasteiger partial charge on any atom is 0.120 e. The summed E-state index contributed by atoms with van der Waals surface area (Å²) in [4.78, 5) is 0. The fourth-order valence-electron chi connectivity index (χ4n) is 1.76. The molecule has 0 aliphatic heterocycles. The zero-order valence-electron chi connectivity index (χ0n) is 11.0. The molecule has 0 radical (unpaired) electrons. The number of nitrogens with zero attached hydrogens (tertiary/aromatic N) is 1. The summed E-state index contributed by atoms with van der Waals surface area (Å²) in [6.45, 7) is 2.02. The molecular weight excluding hydrogens is 274 g/mol. The monoisotopic (exact) mass is 287 g/mol. The summed E-state index contributed by atoms with van der Waals surface area (Å²) in [6.07, 6.45) is -0.531. The van der Waals surface area contributed by atoms with Crippen molar-refractivity contribution in [2.24, 2.45) is 0 Å². The summed E-state index contributed by atoms with van der Waals surface area (Å²) in [6, 6.07) is 14.4. The molecule has 0 amide bonds. The number of hydrogen-bond acceptors (Lipinski definition) is 3. The average Bonchev–Trinajstić information content (AvgIpc) is 2.46. The standard InChI is InChI=1S/C16H14ClNO2/c1-11(19)13-3-2-4-15(8-13)20-10-14-6-5-12(9-18)7-16(14)17/h2-8,11,19H,10H2,1H3/t11-/m0/s1. The van der Waals surface area contributed by atoms with Gasteiger partial charge in [0.2, 0.25) is 0 Å². The van der Waals surface area contributed by atoms with Crippen LogP contribution < -0.4 is 4.74 Å². The number of aliphatic hydroxyl groups excluding tert-OH is 1. The predicted octanol–water partition coefficient (Wildman–Crippen LogP) is 3.84. The lowest BCUT2D eigenvalue weighted by atomic mass is 10.1. The van der Waals surface area contributed by atoms with E-state index in [0.717, 1.165) is 11.1 Å². The van der Waals surface area contributed by atoms with Gasteiger partial charge in [-0.2, -0.15) is 5.26 Å². The van der Waals surface area contributed by atoms with E-state index in [0.29, 0.717) is 22.9 Å². The summed E-state index contributed by atoms with van der Waals surface area (Å²) in [7, 11) is 0. The van der Waals surface area contributed by atoms with Gasteiger partial charge in [0, 0.05) is 10.6 Å². The lowest BCUT2D eigenvalue weighted by Gasteiger charge is -2.10. The smallest absolute Gasteiger partial charge is 0.120 e. The van der Waals surface area contributed by atoms with Crippen LogP contribution in [0.1, 0.15) is 29.7 Å². The number of halogens is 1. The van der Waals surface area contributed by atoms with Crippen molar-refractivity contribution in [3.05, 3.63) is 64.2 Å². The second-order valence-electron chi connectivity index (χ2n) is 4.46. The quantitative estimate of drug-likeness (QED) is 0.929. The van der Waals surface area contributed by atoms with Gasteiger partial charge < -0.3 is 9.84 Å². The minimum Gasteiger partial charge on any atom is -0.489 e. The van der Waals surface area contributed by atoms with Crippen LogP contribution in [0.5, 0.6) is 5.75 Å². The zero-order chi connectivity index (χ0) is 14.5. The van der Waals surface area contributed by atoms with Crippen LogP contribution >= 0.6 is 11.6 Å². The van der Waals surface area contributed by atoms with E-state index in [1.54, 1.807) is 31.2 Å². The second-order valence-corrected chi connectivity index (χ2v) is 4.86. The van der Waals surface area contributed by atoms with Crippen LogP contribution in [0, 0.1) is 11.3 Å². The van der Waals surface area contributed by atoms with Crippen molar-refractivity contribution < 1.29 is 9.84 Å². The van der Waals surface area contributed by atoms with E-state index >= 15 is 0 Å². The Balaban J connectivity index is 2.09. The molecule has 0 aliphatic rings. The lowest BCUT2D eigenvalue weighted by molar-refractivity contribution is 0.198. The van der Waals surface area contributed by atoms with E-state index in [2.05, 4.69) is 0 Å². The molecule has 4 heteroatoms. The number of benzene rings is 2. The Labute approximate surface area is 123 Å². The molecule has 20 heavy (non-hydrogen) atoms. The van der Waals surface area contributed by atoms with Crippen molar-refractivity contribution in [2.45, 2.75) is 19.6 Å². The van der Waals surface area contributed by atoms with Crippen LogP contribution in [-0.2, 0) is 6.61 Å². The lowest BCUT2D eigenvalue weighted by Crippen LogP contribution is -1.98. The molecule has 0 saturated carbocycles. The number of aliphatic hydroxyl groups is 1. The Bertz CT molecular complexity index is 647. The van der Waals surface area contributed by atoms with Crippen LogP contribution in [0.4, 0.5) is 0 Å². The third kappa shape index (κ3) is 3.51. The Morgan fingerprint density at radius 2 is 2.10 bits per heavy atom. The molecule has 1 atom stereocenters. The molecule has 0 saturated heterocycles. The van der Waals surface area contributed by atoms with Gasteiger partial charge in [0.1, 0.15) is 12.4 Å². The van der Waals surface area contributed by atoms with E-state index < -0.39 is 6.10 Å². The molecule has 1 N–H and O–H groups in total. The first-order valence-electron chi connectivity index (χ1n) is 6.19. The first kappa shape index (κ1) is 14.4. The summed E-state index contributed by atoms with van der Waals surface area (Å²) in [5.41, 5.74) is 2.14. The van der Waals surface area contributed by atoms with Gasteiger partial charge in [-0.25, -0.2) is 0 Å². The first-order chi connectivity index (χ1) is 9.60. The summed E-state index contributed by atoms with van der Waals surface area (Å²) >= 11 is 6.09. The van der Waals surface area contributed by atoms with Crippen LogP contribution in [0.3, 0.4) is 0 Å². The average molecular weight is 288 g/mol. The van der Waals surface area contributed by atoms with Crippen molar-refractivity contribution in [3.8, 4) is 11.8 Å². The van der Waals surface area contributed by atoms with Crippen molar-refractivity contribution in [1.29, 1.82) is 5.26 Å². The van der Waals surface area contributed by atoms with E-state index in [1.807, 2.05) is 24.3 Å². The molecule has 2 aromatic rings. The molecule has 0 spiro atoms. The Kier molecular flexibility index (Phi) is 4.62. The third-order valence-corrected chi connectivity index (χ3v) is 3.27. The second kappa shape index (κ2) is 6.42. The number of nitriles is 1. The summed E-state index contributed by atoms with van der Waals surface area (Å²) < 4.78 is 5.66. The molecule has 0 aromatic heterocycles. The van der Waals surface area contributed by atoms with Crippen molar-refractivity contribution in [1.82, 2.24) is 0 Å². The molecule has 102 valence electrons. The molecular formula is C16H14ClNO2. The van der Waals surface area contributed by atoms with E-state index in [1.165, 1.54) is 0 Å². The minimum absolute atomic E-state index is 0.313. The number of rotatable bonds is 4. The van der Waals surface area contributed by atoms with Crippen LogP contribution in [0.15, 0.2) is 42.5 Å². The van der Waals surface area contributed by atoms with Gasteiger partial charge in [0.15, 0.2) is 0 Å². The molecule has 0 aliphatic carbocycles. The third-order valence-electron chi connectivity index (χ3n) is 2.92. The first-order valence-corrected chi connectivity index (χ1v) is 6.57. The van der Waals surface area contributed by atoms with Gasteiger partial charge in [0.05, 0.1) is 17.7 Å². The molecule has 0 bridgehead atoms. The van der Waals surface area contributed by atoms with Crippen LogP contribution in [0.2, 0.25) is 5.02 Å². The molecule has 3 nitrogen and oxygen atoms in total. The summed E-state index contributed by atoms with van der Waals surface area (Å²) in [5, 5.41) is 18.8. The highest BCUT2D eigenvalue weighted by Crippen LogP contribution is 2.22. The zero-order valence-corrected chi connectivity index (χ0v) is 11.8. The topological polar surface area (TPSA) is 53.2 Å². The SMILES string of the molecule is C[C@H](O)c1cccc(OCc2ccc(C#N)cc2Cl)c1. The summed E-state index contributed by atoms with van der Waals surface area (Å²) in [5.74, 6) is 0.670. The molecule has 0 unspecified atom stereocenters. The minimum atomic E-state index is -0.531. The predicted molar refractivity (Wildman–Crippen MR) is 77.6 cm³/mol. The van der Waals surface area contributed by atoms with E-state index in [4.69, 9.17) is 21.6 Å². The van der Waals surface area contributed by atoms with Crippen LogP contribution in [0.25, 0.3) is 0 Å². The number of ether oxygens (including phenoxy) is 1. The molecule has 0 heterocycles. The fraction of sp³-hybridized carbons (Fsp3) is 0.188. The van der Waals surface area contributed by atoms with Crippen LogP contribution in [-0.4, -0.2) is 5.11 Å². The Hall–Kier alpha value is -2.02. The van der Waals surface area contributed by atoms with Gasteiger partial charge >= 0.3 is 0 Å². The van der Waals surface area contributed by atoms with Crippen molar-refractivity contribution >= 4 is 11.6 Å². The Morgan fingerprint density at radius 1 is 1.30 bits per heavy atom. The highest BCUT2D eigenvalue weighted by atomic mass is 35.5. The van der Waals surface area contributed by atoms with Crippen molar-refractivity contribution in [2.75, 3.05) is 0 Å². The largest absolute Gasteiger partial charge is 0.489 e. The van der Waals surface area contributed by atoms with Crippen molar-refractivity contribution in [3.63, 3.8) is 0 Å². The highest BCUT2D eigenvalue weighted by Gasteiger charge is 2.05. The molecule has 2 aromatic carbocycles. The van der Waals surface area contributed by atoms with Gasteiger partial charge in [-0.05, 0) is 36.8 Å². The van der Waals surface area contributed by atoms with Gasteiger partial charge in [-0.15, -0.1) is 0 Å². The van der Waals surface area contributed by atoms with E-state index in [9.17, 15) is 5.11 Å². The molecule has 2 rings (SSSR count).